The molecule has 15 heavy (non-hydrogen) atoms. The Morgan fingerprint density at radius 1 is 1.20 bits per heavy atom. The summed E-state index contributed by atoms with van der Waals surface area (Å²) in [6.07, 6.45) is 0. The molecule has 0 aliphatic carbocycles. The van der Waals surface area contributed by atoms with Gasteiger partial charge in [0, 0.05) is 17.0 Å². The smallest absolute Gasteiger partial charge is 0.275 e. The first-order valence-electron chi connectivity index (χ1n) is 4.85. The number of alkyl halides is 2. The van der Waals surface area contributed by atoms with Crippen molar-refractivity contribution in [3.05, 3.63) is 35.4 Å². The van der Waals surface area contributed by atoms with Crippen molar-refractivity contribution < 1.29 is 13.6 Å². The second kappa shape index (κ2) is 4.09. The van der Waals surface area contributed by atoms with E-state index in [9.17, 15) is 13.6 Å². The number of hydrogen-bond acceptors (Lipinski definition) is 1. The van der Waals surface area contributed by atoms with Gasteiger partial charge in [0.25, 0.3) is 5.92 Å². The molecule has 1 aromatic rings. The van der Waals surface area contributed by atoms with E-state index >= 15 is 0 Å². The Kier molecular flexibility index (Phi) is 3.22. The first kappa shape index (κ1) is 11.8. The number of hydrogen-bond donors (Lipinski definition) is 0. The molecule has 0 fully saturated rings. The maximum Gasteiger partial charge on any atom is 0.275 e. The van der Waals surface area contributed by atoms with Crippen molar-refractivity contribution in [2.75, 3.05) is 0 Å². The van der Waals surface area contributed by atoms with Crippen LogP contribution in [0.15, 0.2) is 24.3 Å². The molecule has 0 radical (unpaired) electrons. The van der Waals surface area contributed by atoms with Gasteiger partial charge in [0.05, 0.1) is 0 Å². The molecule has 0 bridgehead atoms. The van der Waals surface area contributed by atoms with E-state index in [1.54, 1.807) is 0 Å². The van der Waals surface area contributed by atoms with Gasteiger partial charge in [-0.15, -0.1) is 0 Å². The highest BCUT2D eigenvalue weighted by atomic mass is 19.3. The maximum absolute atomic E-state index is 13.5. The van der Waals surface area contributed by atoms with Crippen LogP contribution in [-0.4, -0.2) is 5.78 Å². The third-order valence-corrected chi connectivity index (χ3v) is 2.40. The van der Waals surface area contributed by atoms with Crippen molar-refractivity contribution in [2.45, 2.75) is 26.7 Å². The second-order valence-electron chi connectivity index (χ2n) is 3.91. The van der Waals surface area contributed by atoms with E-state index < -0.39 is 11.8 Å². The normalized spacial score (nSPS) is 11.9. The highest BCUT2D eigenvalue weighted by Crippen LogP contribution is 2.35. The molecule has 0 unspecified atom stereocenters. The van der Waals surface area contributed by atoms with Crippen LogP contribution in [0.1, 0.15) is 36.7 Å². The molecule has 1 nitrogen and oxygen atoms in total. The third kappa shape index (κ3) is 2.41. The molecule has 1 aromatic carbocycles. The first-order chi connectivity index (χ1) is 6.85. The zero-order valence-corrected chi connectivity index (χ0v) is 9.05. The molecule has 82 valence electrons. The number of ketones is 1. The van der Waals surface area contributed by atoms with Crippen LogP contribution >= 0.6 is 0 Å². The largest absolute Gasteiger partial charge is 0.295 e. The zero-order valence-electron chi connectivity index (χ0n) is 9.05. The summed E-state index contributed by atoms with van der Waals surface area (Å²) >= 11 is 0. The number of carbonyl (C=O) groups is 1. The number of Topliss-reactive ketones (excluding diaryl/α,β-unsaturated/α-hetero) is 1. The van der Waals surface area contributed by atoms with E-state index in [1.807, 2.05) is 0 Å². The fourth-order valence-electron chi connectivity index (χ4n) is 1.26. The summed E-state index contributed by atoms with van der Waals surface area (Å²) in [6.45, 7) is 4.35. The van der Waals surface area contributed by atoms with Crippen LogP contribution < -0.4 is 0 Å². The molecule has 0 spiro atoms. The van der Waals surface area contributed by atoms with Crippen LogP contribution in [-0.2, 0) is 5.92 Å². The topological polar surface area (TPSA) is 17.1 Å². The van der Waals surface area contributed by atoms with Gasteiger partial charge in [0.1, 0.15) is 0 Å². The Bertz CT molecular complexity index is 352. The average molecular weight is 212 g/mol. The zero-order chi connectivity index (χ0) is 11.6. The summed E-state index contributed by atoms with van der Waals surface area (Å²) in [5.74, 6) is -3.70. The van der Waals surface area contributed by atoms with Gasteiger partial charge >= 0.3 is 0 Å². The Morgan fingerprint density at radius 3 is 2.00 bits per heavy atom. The summed E-state index contributed by atoms with van der Waals surface area (Å²) < 4.78 is 27.1. The highest BCUT2D eigenvalue weighted by Gasteiger charge is 2.35. The van der Waals surface area contributed by atoms with Gasteiger partial charge in [-0.1, -0.05) is 38.1 Å². The van der Waals surface area contributed by atoms with Crippen LogP contribution in [0.25, 0.3) is 0 Å². The Hall–Kier alpha value is -1.25. The number of benzene rings is 1. The lowest BCUT2D eigenvalue weighted by Crippen LogP contribution is -2.20. The SMILES string of the molecule is CC(=O)c1ccc(C(F)(F)C(C)C)cc1. The molecular formula is C12H14F2O. The van der Waals surface area contributed by atoms with Gasteiger partial charge in [-0.25, -0.2) is 8.78 Å². The maximum atomic E-state index is 13.5. The minimum absolute atomic E-state index is 0.0394. The van der Waals surface area contributed by atoms with Gasteiger partial charge < -0.3 is 0 Å². The van der Waals surface area contributed by atoms with E-state index in [0.29, 0.717) is 5.56 Å². The van der Waals surface area contributed by atoms with Crippen LogP contribution in [0.3, 0.4) is 0 Å². The van der Waals surface area contributed by atoms with E-state index in [1.165, 1.54) is 45.0 Å². The lowest BCUT2D eigenvalue weighted by molar-refractivity contribution is -0.0513. The van der Waals surface area contributed by atoms with Crippen LogP contribution in [0.2, 0.25) is 0 Å². The van der Waals surface area contributed by atoms with Crippen molar-refractivity contribution in [3.8, 4) is 0 Å². The minimum Gasteiger partial charge on any atom is -0.295 e. The molecule has 0 N–H and O–H groups in total. The minimum atomic E-state index is -2.84. The Morgan fingerprint density at radius 2 is 1.67 bits per heavy atom. The van der Waals surface area contributed by atoms with Gasteiger partial charge in [0.15, 0.2) is 5.78 Å². The van der Waals surface area contributed by atoms with Crippen LogP contribution in [0.5, 0.6) is 0 Å². The molecule has 0 amide bonds. The average Bonchev–Trinajstić information content (AvgIpc) is 2.17. The lowest BCUT2D eigenvalue weighted by Gasteiger charge is -2.20. The highest BCUT2D eigenvalue weighted by molar-refractivity contribution is 5.94. The number of halogens is 2. The summed E-state index contributed by atoms with van der Waals surface area (Å²) in [5, 5.41) is 0. The molecule has 0 saturated heterocycles. The first-order valence-corrected chi connectivity index (χ1v) is 4.85. The van der Waals surface area contributed by atoms with Gasteiger partial charge in [-0.2, -0.15) is 0 Å². The quantitative estimate of drug-likeness (QED) is 0.699. The van der Waals surface area contributed by atoms with E-state index in [2.05, 4.69) is 0 Å². The van der Waals surface area contributed by atoms with Crippen molar-refractivity contribution in [2.24, 2.45) is 5.92 Å². The Balaban J connectivity index is 3.04. The molecule has 0 atom stereocenters. The summed E-state index contributed by atoms with van der Waals surface area (Å²) in [4.78, 5) is 11.0. The second-order valence-corrected chi connectivity index (χ2v) is 3.91. The number of carbonyl (C=O) groups excluding carboxylic acids is 1. The van der Waals surface area contributed by atoms with Crippen molar-refractivity contribution in [3.63, 3.8) is 0 Å². The predicted octanol–water partition coefficient (Wildman–Crippen LogP) is 3.64. The van der Waals surface area contributed by atoms with Crippen molar-refractivity contribution in [1.82, 2.24) is 0 Å². The van der Waals surface area contributed by atoms with E-state index in [4.69, 9.17) is 0 Å². The number of rotatable bonds is 3. The van der Waals surface area contributed by atoms with Gasteiger partial charge in [0.2, 0.25) is 0 Å². The summed E-state index contributed by atoms with van der Waals surface area (Å²) in [7, 11) is 0. The van der Waals surface area contributed by atoms with E-state index in [-0.39, 0.29) is 11.3 Å². The molecule has 0 aliphatic rings. The summed E-state index contributed by atoms with van der Waals surface area (Å²) in [5.41, 5.74) is 0.417. The molecule has 0 aliphatic heterocycles. The fourth-order valence-corrected chi connectivity index (χ4v) is 1.26. The van der Waals surface area contributed by atoms with Gasteiger partial charge in [-0.05, 0) is 6.92 Å². The van der Waals surface area contributed by atoms with Crippen molar-refractivity contribution in [1.29, 1.82) is 0 Å². The Labute approximate surface area is 88.1 Å². The molecule has 0 saturated carbocycles. The molecule has 3 heteroatoms. The summed E-state index contributed by atoms with van der Waals surface area (Å²) in [6, 6.07) is 5.51. The molecule has 1 rings (SSSR count). The van der Waals surface area contributed by atoms with E-state index in [0.717, 1.165) is 0 Å². The van der Waals surface area contributed by atoms with Crippen LogP contribution in [0, 0.1) is 5.92 Å². The molecule has 0 heterocycles. The third-order valence-electron chi connectivity index (χ3n) is 2.40. The fraction of sp³-hybridized carbons (Fsp3) is 0.417. The predicted molar refractivity (Wildman–Crippen MR) is 55.2 cm³/mol. The standard InChI is InChI=1S/C12H14F2O/c1-8(2)12(13,14)11-6-4-10(5-7-11)9(3)15/h4-8H,1-3H3. The molecular weight excluding hydrogens is 198 g/mol. The lowest BCUT2D eigenvalue weighted by atomic mass is 9.96. The van der Waals surface area contributed by atoms with Crippen LogP contribution in [0.4, 0.5) is 8.78 Å². The molecule has 0 aromatic heterocycles. The van der Waals surface area contributed by atoms with Crippen molar-refractivity contribution >= 4 is 5.78 Å². The monoisotopic (exact) mass is 212 g/mol. The van der Waals surface area contributed by atoms with Gasteiger partial charge in [-0.3, -0.25) is 4.79 Å².